The van der Waals surface area contributed by atoms with E-state index in [1.165, 1.54) is 38.7 Å². The molecule has 6 heteroatoms. The van der Waals surface area contributed by atoms with Crippen LogP contribution in [0.15, 0.2) is 15.6 Å². The van der Waals surface area contributed by atoms with Crippen LogP contribution in [0.25, 0.3) is 0 Å². The quantitative estimate of drug-likeness (QED) is 0.892. The molecule has 0 saturated carbocycles. The number of rotatable bonds is 2. The van der Waals surface area contributed by atoms with Crippen molar-refractivity contribution in [1.29, 1.82) is 0 Å². The van der Waals surface area contributed by atoms with Gasteiger partial charge in [-0.3, -0.25) is 9.69 Å². The van der Waals surface area contributed by atoms with E-state index >= 15 is 0 Å². The molecule has 0 bridgehead atoms. The average molecular weight is 313 g/mol. The van der Waals surface area contributed by atoms with Crippen LogP contribution in [0.4, 0.5) is 5.82 Å². The monoisotopic (exact) mass is 312 g/mol. The maximum absolute atomic E-state index is 11.6. The van der Waals surface area contributed by atoms with Crippen LogP contribution in [0, 0.1) is 0 Å². The summed E-state index contributed by atoms with van der Waals surface area (Å²) in [5.74, 6) is 0.778. The molecule has 3 heterocycles. The van der Waals surface area contributed by atoms with Crippen molar-refractivity contribution in [3.05, 3.63) is 21.2 Å². The van der Waals surface area contributed by atoms with Crippen molar-refractivity contribution in [3.8, 4) is 0 Å². The number of hydrogen-bond donors (Lipinski definition) is 1. The number of hydrogen-bond acceptors (Lipinski definition) is 4. The van der Waals surface area contributed by atoms with E-state index in [0.717, 1.165) is 18.9 Å². The normalized spacial score (nSPS) is 24.9. The van der Waals surface area contributed by atoms with Gasteiger partial charge in [0.1, 0.15) is 10.3 Å². The zero-order valence-corrected chi connectivity index (χ0v) is 11.8. The Morgan fingerprint density at radius 2 is 2.11 bits per heavy atom. The minimum absolute atomic E-state index is 0.107. The van der Waals surface area contributed by atoms with Crippen molar-refractivity contribution < 1.29 is 0 Å². The number of aromatic amines is 1. The first kappa shape index (κ1) is 12.2. The number of aromatic nitrogens is 2. The van der Waals surface area contributed by atoms with Gasteiger partial charge in [-0.25, -0.2) is 4.98 Å². The first-order valence-corrected chi connectivity index (χ1v) is 7.27. The van der Waals surface area contributed by atoms with Gasteiger partial charge in [-0.2, -0.15) is 0 Å². The van der Waals surface area contributed by atoms with Crippen LogP contribution in [-0.2, 0) is 0 Å². The molecule has 1 aromatic rings. The molecule has 18 heavy (non-hydrogen) atoms. The molecule has 2 fully saturated rings. The van der Waals surface area contributed by atoms with Gasteiger partial charge in [-0.15, -0.1) is 0 Å². The largest absolute Gasteiger partial charge is 0.354 e. The smallest absolute Gasteiger partial charge is 0.267 e. The third-order valence-corrected chi connectivity index (χ3v) is 4.61. The van der Waals surface area contributed by atoms with E-state index in [4.69, 9.17) is 0 Å². The zero-order valence-electron chi connectivity index (χ0n) is 10.2. The summed E-state index contributed by atoms with van der Waals surface area (Å²) in [7, 11) is 0. The molecule has 3 rings (SSSR count). The fourth-order valence-corrected chi connectivity index (χ4v) is 3.40. The first-order valence-electron chi connectivity index (χ1n) is 6.48. The van der Waals surface area contributed by atoms with Gasteiger partial charge in [-0.05, 0) is 48.3 Å². The van der Waals surface area contributed by atoms with E-state index in [2.05, 4.69) is 35.7 Å². The van der Waals surface area contributed by atoms with E-state index in [0.29, 0.717) is 10.5 Å². The molecule has 5 nitrogen and oxygen atoms in total. The van der Waals surface area contributed by atoms with Gasteiger partial charge in [-0.1, -0.05) is 0 Å². The van der Waals surface area contributed by atoms with Gasteiger partial charge in [0.15, 0.2) is 0 Å². The molecule has 0 aliphatic carbocycles. The predicted molar refractivity (Wildman–Crippen MR) is 74.0 cm³/mol. The van der Waals surface area contributed by atoms with Crippen molar-refractivity contribution in [2.24, 2.45) is 0 Å². The lowest BCUT2D eigenvalue weighted by molar-refractivity contribution is 0.260. The number of likely N-dealkylation sites (tertiary alicyclic amines) is 1. The maximum atomic E-state index is 11.6. The fourth-order valence-electron chi connectivity index (χ4n) is 2.93. The zero-order chi connectivity index (χ0) is 12.5. The summed E-state index contributed by atoms with van der Waals surface area (Å²) in [6.07, 6.45) is 5.29. The summed E-state index contributed by atoms with van der Waals surface area (Å²) in [4.78, 5) is 23.2. The summed E-state index contributed by atoms with van der Waals surface area (Å²) in [6, 6.07) is 0.625. The van der Waals surface area contributed by atoms with Crippen LogP contribution in [0.1, 0.15) is 19.3 Å². The van der Waals surface area contributed by atoms with Crippen molar-refractivity contribution in [2.45, 2.75) is 25.3 Å². The third-order valence-electron chi connectivity index (χ3n) is 3.90. The Bertz CT molecular complexity index is 483. The summed E-state index contributed by atoms with van der Waals surface area (Å²) in [6.45, 7) is 4.41. The van der Waals surface area contributed by atoms with Gasteiger partial charge >= 0.3 is 0 Å². The minimum atomic E-state index is -0.107. The molecule has 0 aromatic carbocycles. The van der Waals surface area contributed by atoms with Crippen LogP contribution >= 0.6 is 15.9 Å². The highest BCUT2D eigenvalue weighted by atomic mass is 79.9. The lowest BCUT2D eigenvalue weighted by Crippen LogP contribution is -2.35. The molecule has 1 N–H and O–H groups in total. The molecule has 0 spiro atoms. The molecule has 1 atom stereocenters. The van der Waals surface area contributed by atoms with Crippen LogP contribution in [0.2, 0.25) is 0 Å². The van der Waals surface area contributed by atoms with Crippen LogP contribution < -0.4 is 10.5 Å². The molecule has 2 aliphatic heterocycles. The molecule has 0 radical (unpaired) electrons. The second-order valence-corrected chi connectivity index (χ2v) is 5.79. The van der Waals surface area contributed by atoms with Gasteiger partial charge in [0.05, 0.1) is 6.33 Å². The Balaban J connectivity index is 1.75. The molecule has 2 saturated heterocycles. The molecule has 1 aromatic heterocycles. The number of nitrogens with zero attached hydrogens (tertiary/aromatic N) is 3. The maximum Gasteiger partial charge on any atom is 0.267 e. The highest BCUT2D eigenvalue weighted by Gasteiger charge is 2.30. The van der Waals surface area contributed by atoms with Gasteiger partial charge in [0.2, 0.25) is 0 Å². The van der Waals surface area contributed by atoms with Crippen molar-refractivity contribution in [3.63, 3.8) is 0 Å². The van der Waals surface area contributed by atoms with E-state index in [1.54, 1.807) is 0 Å². The van der Waals surface area contributed by atoms with E-state index in [-0.39, 0.29) is 5.56 Å². The molecule has 0 amide bonds. The first-order chi connectivity index (χ1) is 8.75. The summed E-state index contributed by atoms with van der Waals surface area (Å²) in [5.41, 5.74) is -0.107. The second kappa shape index (κ2) is 5.01. The molecular weight excluding hydrogens is 296 g/mol. The van der Waals surface area contributed by atoms with Crippen LogP contribution in [0.5, 0.6) is 0 Å². The molecule has 98 valence electrons. The lowest BCUT2D eigenvalue weighted by atomic mass is 10.2. The molecule has 2 aliphatic rings. The molecule has 1 unspecified atom stereocenters. The van der Waals surface area contributed by atoms with Gasteiger partial charge < -0.3 is 9.88 Å². The highest BCUT2D eigenvalue weighted by Crippen LogP contribution is 2.26. The van der Waals surface area contributed by atoms with Gasteiger partial charge in [0.25, 0.3) is 5.56 Å². The van der Waals surface area contributed by atoms with Gasteiger partial charge in [0, 0.05) is 19.1 Å². The fraction of sp³-hybridized carbons (Fsp3) is 0.667. The number of nitrogens with one attached hydrogen (secondary N) is 1. The third kappa shape index (κ3) is 2.19. The van der Waals surface area contributed by atoms with Crippen molar-refractivity contribution in [1.82, 2.24) is 14.9 Å². The number of anilines is 1. The standard InChI is InChI=1S/C12H17BrN4O/c13-10-11(14-8-15-12(10)18)17-6-3-9(7-17)16-4-1-2-5-16/h8-9H,1-7H2,(H,14,15,18). The van der Waals surface area contributed by atoms with Crippen molar-refractivity contribution >= 4 is 21.7 Å². The predicted octanol–water partition coefficient (Wildman–Crippen LogP) is 1.21. The summed E-state index contributed by atoms with van der Waals surface area (Å²) >= 11 is 3.33. The summed E-state index contributed by atoms with van der Waals surface area (Å²) in [5, 5.41) is 0. The second-order valence-electron chi connectivity index (χ2n) is 5.00. The Morgan fingerprint density at radius 1 is 1.33 bits per heavy atom. The van der Waals surface area contributed by atoms with Crippen LogP contribution in [-0.4, -0.2) is 47.1 Å². The highest BCUT2D eigenvalue weighted by molar-refractivity contribution is 9.10. The van der Waals surface area contributed by atoms with E-state index < -0.39 is 0 Å². The molecular formula is C12H17BrN4O. The number of H-pyrrole nitrogens is 1. The number of halogens is 1. The van der Waals surface area contributed by atoms with E-state index in [9.17, 15) is 4.79 Å². The Hall–Kier alpha value is -0.880. The average Bonchev–Trinajstić information content (AvgIpc) is 3.01. The Morgan fingerprint density at radius 3 is 2.89 bits per heavy atom. The SMILES string of the molecule is O=c1[nH]cnc(N2CCC(N3CCCC3)C2)c1Br. The lowest BCUT2D eigenvalue weighted by Gasteiger charge is -2.24. The summed E-state index contributed by atoms with van der Waals surface area (Å²) < 4.78 is 0.548. The van der Waals surface area contributed by atoms with Crippen LogP contribution in [0.3, 0.4) is 0 Å². The minimum Gasteiger partial charge on any atom is -0.354 e. The van der Waals surface area contributed by atoms with E-state index in [1.807, 2.05) is 0 Å². The van der Waals surface area contributed by atoms with Crippen molar-refractivity contribution in [2.75, 3.05) is 31.1 Å². The Labute approximate surface area is 114 Å². The topological polar surface area (TPSA) is 52.2 Å². The Kier molecular flexibility index (Phi) is 3.39.